The summed E-state index contributed by atoms with van der Waals surface area (Å²) in [5.74, 6) is 1.25. The highest BCUT2D eigenvalue weighted by Crippen LogP contribution is 2.54. The first-order valence-electron chi connectivity index (χ1n) is 13.6. The number of hydrogen-bond donors (Lipinski definition) is 0. The maximum Gasteiger partial charge on any atom is 0.216 e. The molecule has 5 aromatic rings. The Balaban J connectivity index is 1.41. The lowest BCUT2D eigenvalue weighted by molar-refractivity contribution is 0.292. The minimum Gasteiger partial charge on any atom is -0.475 e. The standard InChI is InChI=1S/C36H33NOP/c1-27(2)35-26-38-36(37-35)30-20-18-28(19-21-30)29-22-24-34(25-23-29)39(31-12-6-3-7-13-31,32-14-8-4-9-15-32)33-16-10-5-11-17-33/h3-25,27,35H,26H2,1-2H3/q+1/t35-/m1/s1. The normalized spacial score (nSPS) is 15.2. The smallest absolute Gasteiger partial charge is 0.216 e. The Hall–Kier alpha value is -4.00. The number of ether oxygens (including phenoxy) is 1. The topological polar surface area (TPSA) is 21.6 Å². The minimum absolute atomic E-state index is 0.245. The molecule has 0 aliphatic carbocycles. The molecule has 0 amide bonds. The Labute approximate surface area is 232 Å². The van der Waals surface area contributed by atoms with E-state index in [1.165, 1.54) is 32.3 Å². The molecule has 192 valence electrons. The van der Waals surface area contributed by atoms with Gasteiger partial charge in [0.2, 0.25) is 5.90 Å². The van der Waals surface area contributed by atoms with Crippen LogP contribution in [0.25, 0.3) is 11.1 Å². The fourth-order valence-corrected chi connectivity index (χ4v) is 9.66. The van der Waals surface area contributed by atoms with Gasteiger partial charge in [-0.2, -0.15) is 0 Å². The van der Waals surface area contributed by atoms with Crippen LogP contribution in [0.2, 0.25) is 0 Å². The number of aliphatic imine (C=N–C) groups is 1. The Morgan fingerprint density at radius 1 is 0.538 bits per heavy atom. The molecule has 0 bridgehead atoms. The molecule has 1 aliphatic heterocycles. The second-order valence-electron chi connectivity index (χ2n) is 10.4. The molecule has 3 heteroatoms. The minimum atomic E-state index is -2.09. The summed E-state index contributed by atoms with van der Waals surface area (Å²) in [5.41, 5.74) is 3.43. The lowest BCUT2D eigenvalue weighted by Crippen LogP contribution is -2.38. The molecule has 1 aliphatic rings. The molecule has 2 nitrogen and oxygen atoms in total. The second-order valence-corrected chi connectivity index (χ2v) is 13.8. The molecule has 0 saturated heterocycles. The van der Waals surface area contributed by atoms with Crippen molar-refractivity contribution >= 4 is 34.4 Å². The summed E-state index contributed by atoms with van der Waals surface area (Å²) in [5, 5.41) is 5.42. The van der Waals surface area contributed by atoms with Crippen LogP contribution in [0.5, 0.6) is 0 Å². The quantitative estimate of drug-likeness (QED) is 0.214. The summed E-state index contributed by atoms with van der Waals surface area (Å²) < 4.78 is 5.89. The number of rotatable bonds is 7. The van der Waals surface area contributed by atoms with Gasteiger partial charge in [0, 0.05) is 5.56 Å². The van der Waals surface area contributed by atoms with Crippen molar-refractivity contribution in [2.75, 3.05) is 6.61 Å². The van der Waals surface area contributed by atoms with Gasteiger partial charge in [-0.1, -0.05) is 92.7 Å². The third-order valence-corrected chi connectivity index (χ3v) is 11.9. The summed E-state index contributed by atoms with van der Waals surface area (Å²) in [4.78, 5) is 4.78. The van der Waals surface area contributed by atoms with E-state index in [4.69, 9.17) is 9.73 Å². The van der Waals surface area contributed by atoms with Gasteiger partial charge in [-0.3, -0.25) is 0 Å². The molecule has 39 heavy (non-hydrogen) atoms. The maximum absolute atomic E-state index is 5.89. The molecule has 1 atom stereocenters. The molecule has 1 heterocycles. The van der Waals surface area contributed by atoms with E-state index in [1.807, 2.05) is 0 Å². The van der Waals surface area contributed by atoms with Gasteiger partial charge in [0.15, 0.2) is 0 Å². The SMILES string of the molecule is CC(C)[C@H]1COC(c2ccc(-c3ccc([P+](c4ccccc4)(c4ccccc4)c4ccccc4)cc3)cc2)=N1. The monoisotopic (exact) mass is 526 g/mol. The Morgan fingerprint density at radius 2 is 0.923 bits per heavy atom. The predicted molar refractivity (Wildman–Crippen MR) is 168 cm³/mol. The van der Waals surface area contributed by atoms with E-state index < -0.39 is 7.26 Å². The van der Waals surface area contributed by atoms with Gasteiger partial charge in [0.1, 0.15) is 35.1 Å². The summed E-state index contributed by atoms with van der Waals surface area (Å²) in [6.07, 6.45) is 0. The molecule has 0 saturated carbocycles. The van der Waals surface area contributed by atoms with Crippen LogP contribution in [-0.2, 0) is 4.74 Å². The predicted octanol–water partition coefficient (Wildman–Crippen LogP) is 6.77. The van der Waals surface area contributed by atoms with Crippen molar-refractivity contribution in [1.29, 1.82) is 0 Å². The van der Waals surface area contributed by atoms with Crippen molar-refractivity contribution in [3.8, 4) is 11.1 Å². The third-order valence-electron chi connectivity index (χ3n) is 7.59. The van der Waals surface area contributed by atoms with Crippen LogP contribution in [0.4, 0.5) is 0 Å². The van der Waals surface area contributed by atoms with Crippen LogP contribution < -0.4 is 21.2 Å². The lowest BCUT2D eigenvalue weighted by atomic mass is 10.0. The van der Waals surface area contributed by atoms with Crippen molar-refractivity contribution < 1.29 is 4.74 Å². The zero-order chi connectivity index (χ0) is 26.7. The van der Waals surface area contributed by atoms with Gasteiger partial charge < -0.3 is 4.74 Å². The van der Waals surface area contributed by atoms with Crippen LogP contribution in [0, 0.1) is 5.92 Å². The van der Waals surface area contributed by atoms with Gasteiger partial charge in [-0.15, -0.1) is 0 Å². The zero-order valence-corrected chi connectivity index (χ0v) is 23.3. The molecule has 5 aromatic carbocycles. The van der Waals surface area contributed by atoms with Crippen LogP contribution >= 0.6 is 7.26 Å². The lowest BCUT2D eigenvalue weighted by Gasteiger charge is -2.27. The summed E-state index contributed by atoms with van der Waals surface area (Å²) in [7, 11) is -2.09. The van der Waals surface area contributed by atoms with Gasteiger partial charge in [0.05, 0.1) is 6.04 Å². The molecule has 0 aromatic heterocycles. The highest BCUT2D eigenvalue weighted by atomic mass is 31.2. The van der Waals surface area contributed by atoms with E-state index >= 15 is 0 Å². The summed E-state index contributed by atoms with van der Waals surface area (Å²) in [6.45, 7) is 5.06. The van der Waals surface area contributed by atoms with E-state index in [0.717, 1.165) is 11.5 Å². The first-order chi connectivity index (χ1) is 19.2. The van der Waals surface area contributed by atoms with E-state index in [-0.39, 0.29) is 6.04 Å². The Kier molecular flexibility index (Phi) is 7.14. The van der Waals surface area contributed by atoms with E-state index in [2.05, 4.69) is 153 Å². The average Bonchev–Trinajstić information content (AvgIpc) is 3.51. The van der Waals surface area contributed by atoms with Crippen LogP contribution in [0.1, 0.15) is 19.4 Å². The van der Waals surface area contributed by atoms with Crippen molar-refractivity contribution in [3.05, 3.63) is 145 Å². The van der Waals surface area contributed by atoms with Crippen molar-refractivity contribution in [1.82, 2.24) is 0 Å². The van der Waals surface area contributed by atoms with Crippen molar-refractivity contribution in [2.24, 2.45) is 10.9 Å². The van der Waals surface area contributed by atoms with Crippen LogP contribution in [0.3, 0.4) is 0 Å². The van der Waals surface area contributed by atoms with E-state index in [0.29, 0.717) is 12.5 Å². The average molecular weight is 527 g/mol. The maximum atomic E-state index is 5.89. The summed E-state index contributed by atoms with van der Waals surface area (Å²) >= 11 is 0. The Morgan fingerprint density at radius 3 is 1.33 bits per heavy atom. The molecule has 0 radical (unpaired) electrons. The third kappa shape index (κ3) is 4.82. The molecule has 6 rings (SSSR count). The van der Waals surface area contributed by atoms with Gasteiger partial charge in [-0.25, -0.2) is 4.99 Å². The van der Waals surface area contributed by atoms with Crippen LogP contribution in [-0.4, -0.2) is 18.5 Å². The number of nitrogens with zero attached hydrogens (tertiary/aromatic N) is 1. The molecule has 0 fully saturated rings. The van der Waals surface area contributed by atoms with Crippen molar-refractivity contribution in [3.63, 3.8) is 0 Å². The fraction of sp³-hybridized carbons (Fsp3) is 0.139. The first-order valence-corrected chi connectivity index (χ1v) is 15.4. The zero-order valence-electron chi connectivity index (χ0n) is 22.4. The van der Waals surface area contributed by atoms with Crippen molar-refractivity contribution in [2.45, 2.75) is 19.9 Å². The molecular weight excluding hydrogens is 493 g/mol. The molecule has 0 spiro atoms. The fourth-order valence-electron chi connectivity index (χ4n) is 5.42. The first kappa shape index (κ1) is 25.3. The van der Waals surface area contributed by atoms with Gasteiger partial charge in [-0.05, 0) is 77.7 Å². The highest BCUT2D eigenvalue weighted by Gasteiger charge is 2.47. The molecule has 0 N–H and O–H groups in total. The van der Waals surface area contributed by atoms with E-state index in [9.17, 15) is 0 Å². The number of benzene rings is 5. The molecule has 0 unspecified atom stereocenters. The molecular formula is C36H33NOP+. The Bertz CT molecular complexity index is 1450. The number of hydrogen-bond acceptors (Lipinski definition) is 2. The second kappa shape index (κ2) is 11.0. The summed E-state index contributed by atoms with van der Waals surface area (Å²) in [6, 6.07) is 51.1. The highest BCUT2D eigenvalue weighted by molar-refractivity contribution is 8.01. The van der Waals surface area contributed by atoms with Gasteiger partial charge >= 0.3 is 0 Å². The van der Waals surface area contributed by atoms with Crippen LogP contribution in [0.15, 0.2) is 145 Å². The van der Waals surface area contributed by atoms with Gasteiger partial charge in [0.25, 0.3) is 0 Å². The van der Waals surface area contributed by atoms with E-state index in [1.54, 1.807) is 0 Å². The largest absolute Gasteiger partial charge is 0.475 e.